The quantitative estimate of drug-likeness (QED) is 0.850. The van der Waals surface area contributed by atoms with Crippen LogP contribution < -0.4 is 15.5 Å². The molecule has 0 amide bonds. The molecular weight excluding hydrogens is 226 g/mol. The first-order valence-corrected chi connectivity index (χ1v) is 6.55. The average molecular weight is 249 g/mol. The largest absolute Gasteiger partial charge is 0.368 e. The SMILES string of the molecule is CC(C)Nc1cc(N2CCNC(C)(C)C2)ncn1. The predicted octanol–water partition coefficient (Wildman–Crippen LogP) is 1.49. The van der Waals surface area contributed by atoms with Gasteiger partial charge in [-0.2, -0.15) is 0 Å². The van der Waals surface area contributed by atoms with Crippen molar-refractivity contribution in [2.45, 2.75) is 39.3 Å². The Hall–Kier alpha value is -1.36. The van der Waals surface area contributed by atoms with Crippen LogP contribution in [0.15, 0.2) is 12.4 Å². The van der Waals surface area contributed by atoms with Crippen molar-refractivity contribution in [1.82, 2.24) is 15.3 Å². The maximum atomic E-state index is 4.38. The summed E-state index contributed by atoms with van der Waals surface area (Å²) in [6, 6.07) is 2.41. The zero-order chi connectivity index (χ0) is 13.2. The Balaban J connectivity index is 2.12. The molecule has 1 aliphatic rings. The van der Waals surface area contributed by atoms with Crippen LogP contribution in [0.3, 0.4) is 0 Å². The van der Waals surface area contributed by atoms with Crippen LogP contribution in [-0.4, -0.2) is 41.2 Å². The van der Waals surface area contributed by atoms with E-state index in [2.05, 4.69) is 53.2 Å². The molecule has 0 atom stereocenters. The van der Waals surface area contributed by atoms with Gasteiger partial charge in [-0.05, 0) is 27.7 Å². The fourth-order valence-electron chi connectivity index (χ4n) is 2.23. The molecule has 0 aliphatic carbocycles. The van der Waals surface area contributed by atoms with E-state index < -0.39 is 0 Å². The number of nitrogens with zero attached hydrogens (tertiary/aromatic N) is 3. The molecule has 1 aromatic rings. The average Bonchev–Trinajstić information content (AvgIpc) is 2.27. The minimum Gasteiger partial charge on any atom is -0.368 e. The molecule has 2 rings (SSSR count). The van der Waals surface area contributed by atoms with Gasteiger partial charge in [0.05, 0.1) is 0 Å². The summed E-state index contributed by atoms with van der Waals surface area (Å²) in [5.41, 5.74) is 0.134. The maximum Gasteiger partial charge on any atom is 0.134 e. The van der Waals surface area contributed by atoms with Crippen molar-refractivity contribution in [2.24, 2.45) is 0 Å². The molecule has 18 heavy (non-hydrogen) atoms. The van der Waals surface area contributed by atoms with Crippen LogP contribution in [-0.2, 0) is 0 Å². The van der Waals surface area contributed by atoms with E-state index in [1.54, 1.807) is 6.33 Å². The third-order valence-corrected chi connectivity index (χ3v) is 2.98. The summed E-state index contributed by atoms with van der Waals surface area (Å²) in [6.07, 6.45) is 1.63. The van der Waals surface area contributed by atoms with E-state index in [9.17, 15) is 0 Å². The van der Waals surface area contributed by atoms with Crippen LogP contribution >= 0.6 is 0 Å². The smallest absolute Gasteiger partial charge is 0.134 e. The first kappa shape index (κ1) is 13.1. The molecule has 1 fully saturated rings. The highest BCUT2D eigenvalue weighted by Gasteiger charge is 2.26. The molecule has 5 heteroatoms. The molecule has 1 aromatic heterocycles. The van der Waals surface area contributed by atoms with Crippen LogP contribution in [0.4, 0.5) is 11.6 Å². The third-order valence-electron chi connectivity index (χ3n) is 2.98. The Labute approximate surface area is 109 Å². The van der Waals surface area contributed by atoms with E-state index in [0.717, 1.165) is 31.3 Å². The lowest BCUT2D eigenvalue weighted by Gasteiger charge is -2.39. The lowest BCUT2D eigenvalue weighted by atomic mass is 10.0. The Morgan fingerprint density at radius 2 is 2.17 bits per heavy atom. The van der Waals surface area contributed by atoms with Crippen molar-refractivity contribution in [3.8, 4) is 0 Å². The van der Waals surface area contributed by atoms with Crippen molar-refractivity contribution >= 4 is 11.6 Å². The topological polar surface area (TPSA) is 53.1 Å². The number of hydrogen-bond donors (Lipinski definition) is 2. The summed E-state index contributed by atoms with van der Waals surface area (Å²) < 4.78 is 0. The molecular formula is C13H23N5. The van der Waals surface area contributed by atoms with E-state index in [0.29, 0.717) is 6.04 Å². The number of rotatable bonds is 3. The monoisotopic (exact) mass is 249 g/mol. The second-order valence-corrected chi connectivity index (χ2v) is 5.79. The molecule has 2 N–H and O–H groups in total. The van der Waals surface area contributed by atoms with Gasteiger partial charge in [-0.25, -0.2) is 9.97 Å². The first-order chi connectivity index (χ1) is 8.46. The standard InChI is InChI=1S/C13H23N5/c1-10(2)17-11-7-12(15-9-14-11)18-6-5-16-13(3,4)8-18/h7,9-10,16H,5-6,8H2,1-4H3,(H,14,15,17). The summed E-state index contributed by atoms with van der Waals surface area (Å²) in [5.74, 6) is 1.90. The van der Waals surface area contributed by atoms with Crippen LogP contribution in [0.5, 0.6) is 0 Å². The van der Waals surface area contributed by atoms with Gasteiger partial charge in [0.1, 0.15) is 18.0 Å². The normalized spacial score (nSPS) is 19.1. The molecule has 2 heterocycles. The second kappa shape index (κ2) is 5.10. The van der Waals surface area contributed by atoms with E-state index in [-0.39, 0.29) is 5.54 Å². The van der Waals surface area contributed by atoms with Crippen molar-refractivity contribution in [3.63, 3.8) is 0 Å². The highest BCUT2D eigenvalue weighted by atomic mass is 15.3. The van der Waals surface area contributed by atoms with Crippen molar-refractivity contribution in [3.05, 3.63) is 12.4 Å². The highest BCUT2D eigenvalue weighted by molar-refractivity contribution is 5.49. The summed E-state index contributed by atoms with van der Waals surface area (Å²) in [6.45, 7) is 11.6. The highest BCUT2D eigenvalue weighted by Crippen LogP contribution is 2.19. The van der Waals surface area contributed by atoms with Gasteiger partial charge in [-0.15, -0.1) is 0 Å². The molecule has 100 valence electrons. The van der Waals surface area contributed by atoms with Gasteiger partial charge in [0.2, 0.25) is 0 Å². The summed E-state index contributed by atoms with van der Waals surface area (Å²) >= 11 is 0. The Kier molecular flexibility index (Phi) is 3.71. The van der Waals surface area contributed by atoms with Crippen molar-refractivity contribution in [2.75, 3.05) is 29.9 Å². The Bertz CT molecular complexity index is 402. The summed E-state index contributed by atoms with van der Waals surface area (Å²) in [7, 11) is 0. The van der Waals surface area contributed by atoms with Gasteiger partial charge in [-0.1, -0.05) is 0 Å². The molecule has 1 aliphatic heterocycles. The van der Waals surface area contributed by atoms with Crippen LogP contribution in [0.1, 0.15) is 27.7 Å². The molecule has 0 spiro atoms. The fraction of sp³-hybridized carbons (Fsp3) is 0.692. The van der Waals surface area contributed by atoms with Gasteiger partial charge in [0.15, 0.2) is 0 Å². The van der Waals surface area contributed by atoms with Gasteiger partial charge in [0, 0.05) is 37.3 Å². The minimum absolute atomic E-state index is 0.134. The first-order valence-electron chi connectivity index (χ1n) is 6.55. The molecule has 0 radical (unpaired) electrons. The third kappa shape index (κ3) is 3.32. The molecule has 1 saturated heterocycles. The number of hydrogen-bond acceptors (Lipinski definition) is 5. The molecule has 5 nitrogen and oxygen atoms in total. The number of aromatic nitrogens is 2. The molecule has 0 bridgehead atoms. The van der Waals surface area contributed by atoms with Gasteiger partial charge in [0.25, 0.3) is 0 Å². The number of anilines is 2. The van der Waals surface area contributed by atoms with E-state index in [1.807, 2.05) is 6.07 Å². The molecule has 0 unspecified atom stereocenters. The van der Waals surface area contributed by atoms with Crippen LogP contribution in [0, 0.1) is 0 Å². The predicted molar refractivity (Wildman–Crippen MR) is 75.1 cm³/mol. The van der Waals surface area contributed by atoms with Crippen molar-refractivity contribution < 1.29 is 0 Å². The molecule has 0 aromatic carbocycles. The Morgan fingerprint density at radius 3 is 2.83 bits per heavy atom. The van der Waals surface area contributed by atoms with Gasteiger partial charge < -0.3 is 15.5 Å². The number of nitrogens with one attached hydrogen (secondary N) is 2. The van der Waals surface area contributed by atoms with Crippen LogP contribution in [0.25, 0.3) is 0 Å². The van der Waals surface area contributed by atoms with Gasteiger partial charge in [-0.3, -0.25) is 0 Å². The molecule has 0 saturated carbocycles. The van der Waals surface area contributed by atoms with Crippen molar-refractivity contribution in [1.29, 1.82) is 0 Å². The maximum absolute atomic E-state index is 4.38. The van der Waals surface area contributed by atoms with E-state index in [1.165, 1.54) is 0 Å². The van der Waals surface area contributed by atoms with E-state index in [4.69, 9.17) is 0 Å². The second-order valence-electron chi connectivity index (χ2n) is 5.79. The zero-order valence-corrected chi connectivity index (χ0v) is 11.7. The van der Waals surface area contributed by atoms with Crippen LogP contribution in [0.2, 0.25) is 0 Å². The summed E-state index contributed by atoms with van der Waals surface area (Å²) in [5, 5.41) is 6.82. The fourth-order valence-corrected chi connectivity index (χ4v) is 2.23. The lowest BCUT2D eigenvalue weighted by Crippen LogP contribution is -2.57. The number of piperazine rings is 1. The van der Waals surface area contributed by atoms with Gasteiger partial charge >= 0.3 is 0 Å². The van der Waals surface area contributed by atoms with E-state index >= 15 is 0 Å². The minimum atomic E-state index is 0.134. The lowest BCUT2D eigenvalue weighted by molar-refractivity contribution is 0.351. The zero-order valence-electron chi connectivity index (χ0n) is 11.7. The Morgan fingerprint density at radius 1 is 1.39 bits per heavy atom. The summed E-state index contributed by atoms with van der Waals surface area (Å²) in [4.78, 5) is 10.9.